The molecule has 2 aromatic carbocycles. The first kappa shape index (κ1) is 12.3. The van der Waals surface area contributed by atoms with Gasteiger partial charge >= 0.3 is 0 Å². The highest BCUT2D eigenvalue weighted by Crippen LogP contribution is 2.35. The third kappa shape index (κ3) is 2.66. The van der Waals surface area contributed by atoms with Crippen LogP contribution >= 0.6 is 11.8 Å². The summed E-state index contributed by atoms with van der Waals surface area (Å²) in [4.78, 5) is 14.6. The van der Waals surface area contributed by atoms with E-state index in [9.17, 15) is 4.79 Å². The Morgan fingerprint density at radius 1 is 1.16 bits per heavy atom. The lowest BCUT2D eigenvalue weighted by Crippen LogP contribution is -2.28. The molecule has 96 valence electrons. The molecule has 2 aromatic rings. The number of anilines is 1. The Labute approximate surface area is 117 Å². The molecule has 0 saturated carbocycles. The molecule has 0 aromatic heterocycles. The molecule has 0 spiro atoms. The van der Waals surface area contributed by atoms with Gasteiger partial charge in [0.2, 0.25) is 0 Å². The minimum atomic E-state index is 0.749. The number of carbonyl (C=O) groups excluding carboxylic acids is 1. The molecular weight excluding hydrogens is 254 g/mol. The predicted molar refractivity (Wildman–Crippen MR) is 80.0 cm³/mol. The highest BCUT2D eigenvalue weighted by molar-refractivity contribution is 7.99. The van der Waals surface area contributed by atoms with Crippen molar-refractivity contribution in [3.05, 3.63) is 59.7 Å². The van der Waals surface area contributed by atoms with Crippen LogP contribution in [0.3, 0.4) is 0 Å². The molecule has 3 heteroatoms. The van der Waals surface area contributed by atoms with Crippen molar-refractivity contribution in [1.82, 2.24) is 0 Å². The zero-order chi connectivity index (χ0) is 13.1. The van der Waals surface area contributed by atoms with Crippen molar-refractivity contribution in [2.24, 2.45) is 0 Å². The number of nitrogens with zero attached hydrogens (tertiary/aromatic N) is 1. The number of rotatable bonds is 3. The molecule has 0 aliphatic carbocycles. The summed E-state index contributed by atoms with van der Waals surface area (Å²) < 4.78 is 0. The van der Waals surface area contributed by atoms with Crippen LogP contribution in [0, 0.1) is 0 Å². The van der Waals surface area contributed by atoms with Crippen LogP contribution in [-0.2, 0) is 6.54 Å². The van der Waals surface area contributed by atoms with Crippen LogP contribution in [0.25, 0.3) is 0 Å². The van der Waals surface area contributed by atoms with Gasteiger partial charge in [0.1, 0.15) is 6.29 Å². The van der Waals surface area contributed by atoms with Crippen molar-refractivity contribution >= 4 is 23.7 Å². The zero-order valence-corrected chi connectivity index (χ0v) is 11.4. The minimum Gasteiger partial charge on any atom is -0.365 e. The maximum Gasteiger partial charge on any atom is 0.150 e. The van der Waals surface area contributed by atoms with Crippen molar-refractivity contribution < 1.29 is 4.79 Å². The summed E-state index contributed by atoms with van der Waals surface area (Å²) in [6, 6.07) is 16.4. The van der Waals surface area contributed by atoms with Gasteiger partial charge in [-0.25, -0.2) is 0 Å². The van der Waals surface area contributed by atoms with Crippen LogP contribution in [0.2, 0.25) is 0 Å². The van der Waals surface area contributed by atoms with Gasteiger partial charge in [-0.2, -0.15) is 0 Å². The SMILES string of the molecule is O=Cc1ccc2c(c1)N(Cc1ccccc1)CCS2. The fourth-order valence-electron chi connectivity index (χ4n) is 2.33. The van der Waals surface area contributed by atoms with Gasteiger partial charge in [-0.1, -0.05) is 36.4 Å². The second kappa shape index (κ2) is 5.49. The van der Waals surface area contributed by atoms with E-state index >= 15 is 0 Å². The maximum atomic E-state index is 10.9. The third-order valence-electron chi connectivity index (χ3n) is 3.29. The first-order valence-electron chi connectivity index (χ1n) is 6.38. The van der Waals surface area contributed by atoms with Crippen LogP contribution in [0.1, 0.15) is 15.9 Å². The number of carbonyl (C=O) groups is 1. The van der Waals surface area contributed by atoms with Crippen molar-refractivity contribution in [2.45, 2.75) is 11.4 Å². The molecule has 1 aliphatic heterocycles. The normalized spacial score (nSPS) is 14.0. The average molecular weight is 269 g/mol. The molecule has 0 radical (unpaired) electrons. The summed E-state index contributed by atoms with van der Waals surface area (Å²) in [7, 11) is 0. The Hall–Kier alpha value is -1.74. The molecule has 1 heterocycles. The summed E-state index contributed by atoms with van der Waals surface area (Å²) in [5, 5.41) is 0. The number of aldehydes is 1. The molecule has 0 atom stereocenters. The fraction of sp³-hybridized carbons (Fsp3) is 0.188. The third-order valence-corrected chi connectivity index (χ3v) is 4.34. The smallest absolute Gasteiger partial charge is 0.150 e. The van der Waals surface area contributed by atoms with Gasteiger partial charge < -0.3 is 4.90 Å². The molecule has 1 aliphatic rings. The van der Waals surface area contributed by atoms with E-state index in [1.165, 1.54) is 16.1 Å². The van der Waals surface area contributed by atoms with Crippen molar-refractivity contribution in [2.75, 3.05) is 17.2 Å². The topological polar surface area (TPSA) is 20.3 Å². The summed E-state index contributed by atoms with van der Waals surface area (Å²) >= 11 is 1.86. The van der Waals surface area contributed by atoms with Gasteiger partial charge in [0.25, 0.3) is 0 Å². The zero-order valence-electron chi connectivity index (χ0n) is 10.6. The largest absolute Gasteiger partial charge is 0.365 e. The number of fused-ring (bicyclic) bond motifs is 1. The van der Waals surface area contributed by atoms with Crippen LogP contribution in [0.4, 0.5) is 5.69 Å². The van der Waals surface area contributed by atoms with E-state index in [2.05, 4.69) is 35.2 Å². The van der Waals surface area contributed by atoms with Crippen LogP contribution in [-0.4, -0.2) is 18.6 Å². The molecule has 3 rings (SSSR count). The van der Waals surface area contributed by atoms with E-state index in [1.807, 2.05) is 30.0 Å². The Kier molecular flexibility index (Phi) is 3.56. The molecule has 2 nitrogen and oxygen atoms in total. The van der Waals surface area contributed by atoms with E-state index in [4.69, 9.17) is 0 Å². The lowest BCUT2D eigenvalue weighted by atomic mass is 10.1. The Bertz CT molecular complexity index is 583. The van der Waals surface area contributed by atoms with Gasteiger partial charge in [0.15, 0.2) is 0 Å². The highest BCUT2D eigenvalue weighted by atomic mass is 32.2. The van der Waals surface area contributed by atoms with Gasteiger partial charge in [-0.05, 0) is 17.7 Å². The van der Waals surface area contributed by atoms with Crippen molar-refractivity contribution in [1.29, 1.82) is 0 Å². The minimum absolute atomic E-state index is 0.749. The fourth-order valence-corrected chi connectivity index (χ4v) is 3.36. The molecular formula is C16H15NOS. The number of hydrogen-bond donors (Lipinski definition) is 0. The molecule has 19 heavy (non-hydrogen) atoms. The van der Waals surface area contributed by atoms with E-state index in [-0.39, 0.29) is 0 Å². The predicted octanol–water partition coefficient (Wildman–Crippen LogP) is 3.61. The molecule has 0 bridgehead atoms. The number of thioether (sulfide) groups is 1. The van der Waals surface area contributed by atoms with Crippen molar-refractivity contribution in [3.63, 3.8) is 0 Å². The number of hydrogen-bond acceptors (Lipinski definition) is 3. The Balaban J connectivity index is 1.91. The molecule has 0 unspecified atom stereocenters. The van der Waals surface area contributed by atoms with E-state index in [1.54, 1.807) is 0 Å². The Morgan fingerprint density at radius 3 is 2.79 bits per heavy atom. The number of benzene rings is 2. The molecule has 0 saturated heterocycles. The van der Waals surface area contributed by atoms with Crippen LogP contribution < -0.4 is 4.90 Å². The quantitative estimate of drug-likeness (QED) is 0.794. The van der Waals surface area contributed by atoms with E-state index in [0.29, 0.717) is 0 Å². The second-order valence-corrected chi connectivity index (χ2v) is 5.74. The van der Waals surface area contributed by atoms with Crippen LogP contribution in [0.5, 0.6) is 0 Å². The van der Waals surface area contributed by atoms with E-state index in [0.717, 1.165) is 30.7 Å². The molecule has 0 N–H and O–H groups in total. The van der Waals surface area contributed by atoms with Gasteiger partial charge in [0.05, 0.1) is 5.69 Å². The average Bonchev–Trinajstić information content (AvgIpc) is 2.48. The van der Waals surface area contributed by atoms with Gasteiger partial charge in [-0.3, -0.25) is 4.79 Å². The summed E-state index contributed by atoms with van der Waals surface area (Å²) in [6.07, 6.45) is 0.917. The standard InChI is InChI=1S/C16H15NOS/c18-12-14-6-7-16-15(10-14)17(8-9-19-16)11-13-4-2-1-3-5-13/h1-7,10,12H,8-9,11H2. The summed E-state index contributed by atoms with van der Waals surface area (Å²) in [5.74, 6) is 1.10. The lowest BCUT2D eigenvalue weighted by Gasteiger charge is -2.31. The highest BCUT2D eigenvalue weighted by Gasteiger charge is 2.17. The first-order chi connectivity index (χ1) is 9.36. The van der Waals surface area contributed by atoms with Gasteiger partial charge in [0, 0.05) is 29.3 Å². The lowest BCUT2D eigenvalue weighted by molar-refractivity contribution is 0.112. The molecule has 0 fully saturated rings. The Morgan fingerprint density at radius 2 is 2.00 bits per heavy atom. The summed E-state index contributed by atoms with van der Waals surface area (Å²) in [6.45, 7) is 1.92. The van der Waals surface area contributed by atoms with Gasteiger partial charge in [-0.15, -0.1) is 11.8 Å². The molecule has 0 amide bonds. The second-order valence-electron chi connectivity index (χ2n) is 4.60. The monoisotopic (exact) mass is 269 g/mol. The van der Waals surface area contributed by atoms with Crippen molar-refractivity contribution in [3.8, 4) is 0 Å². The van der Waals surface area contributed by atoms with Crippen LogP contribution in [0.15, 0.2) is 53.4 Å². The van der Waals surface area contributed by atoms with E-state index < -0.39 is 0 Å². The maximum absolute atomic E-state index is 10.9. The summed E-state index contributed by atoms with van der Waals surface area (Å²) in [5.41, 5.74) is 3.24. The first-order valence-corrected chi connectivity index (χ1v) is 7.36.